The number of fused-ring (bicyclic) bond motifs is 3. The predicted molar refractivity (Wildman–Crippen MR) is 115 cm³/mol. The first-order valence-electron chi connectivity index (χ1n) is 9.76. The zero-order valence-corrected chi connectivity index (χ0v) is 17.2. The molecule has 1 aromatic carbocycles. The molecule has 9 heteroatoms. The standard InChI is InChI=1S/C21H20FN5O2S/c1-14-23-26(20(29)18-12-15-6-11-30-21(15)27(14)18)13-19(28)25-9-7-24(8-10-25)17-4-2-16(22)3-5-17/h2-6,11-12H,7-10,13H2,1H3. The van der Waals surface area contributed by atoms with Crippen LogP contribution in [-0.4, -0.2) is 51.2 Å². The van der Waals surface area contributed by atoms with Crippen LogP contribution in [0.1, 0.15) is 5.82 Å². The third kappa shape index (κ3) is 3.15. The first-order valence-corrected chi connectivity index (χ1v) is 10.6. The van der Waals surface area contributed by atoms with Crippen molar-refractivity contribution in [2.45, 2.75) is 13.5 Å². The van der Waals surface area contributed by atoms with Crippen LogP contribution >= 0.6 is 11.3 Å². The molecule has 5 rings (SSSR count). The molecule has 1 amide bonds. The summed E-state index contributed by atoms with van der Waals surface area (Å²) in [6.07, 6.45) is 0. The number of aromatic nitrogens is 3. The fourth-order valence-corrected chi connectivity index (χ4v) is 4.94. The van der Waals surface area contributed by atoms with Gasteiger partial charge in [-0.15, -0.1) is 11.3 Å². The van der Waals surface area contributed by atoms with E-state index in [0.717, 1.165) is 15.9 Å². The van der Waals surface area contributed by atoms with E-state index in [4.69, 9.17) is 0 Å². The molecule has 7 nitrogen and oxygen atoms in total. The molecule has 4 heterocycles. The van der Waals surface area contributed by atoms with E-state index in [9.17, 15) is 14.0 Å². The van der Waals surface area contributed by atoms with E-state index in [0.29, 0.717) is 37.5 Å². The van der Waals surface area contributed by atoms with Crippen molar-refractivity contribution in [3.63, 3.8) is 0 Å². The van der Waals surface area contributed by atoms with Gasteiger partial charge in [-0.1, -0.05) is 0 Å². The summed E-state index contributed by atoms with van der Waals surface area (Å²) in [5.41, 5.74) is 1.22. The van der Waals surface area contributed by atoms with Gasteiger partial charge < -0.3 is 9.80 Å². The summed E-state index contributed by atoms with van der Waals surface area (Å²) < 4.78 is 16.2. The van der Waals surface area contributed by atoms with E-state index in [1.54, 1.807) is 28.4 Å². The van der Waals surface area contributed by atoms with Gasteiger partial charge in [-0.3, -0.25) is 14.0 Å². The van der Waals surface area contributed by atoms with Gasteiger partial charge in [0.1, 0.15) is 28.5 Å². The second-order valence-electron chi connectivity index (χ2n) is 7.40. The average molecular weight is 425 g/mol. The van der Waals surface area contributed by atoms with E-state index in [1.807, 2.05) is 28.8 Å². The minimum absolute atomic E-state index is 0.0778. The summed E-state index contributed by atoms with van der Waals surface area (Å²) >= 11 is 1.56. The largest absolute Gasteiger partial charge is 0.368 e. The summed E-state index contributed by atoms with van der Waals surface area (Å²) in [4.78, 5) is 30.6. The van der Waals surface area contributed by atoms with E-state index in [2.05, 4.69) is 10.00 Å². The fraction of sp³-hybridized carbons (Fsp3) is 0.286. The summed E-state index contributed by atoms with van der Waals surface area (Å²) in [5, 5.41) is 7.37. The Morgan fingerprint density at radius 3 is 2.60 bits per heavy atom. The van der Waals surface area contributed by atoms with Crippen LogP contribution in [0.4, 0.5) is 10.1 Å². The van der Waals surface area contributed by atoms with Crippen molar-refractivity contribution < 1.29 is 9.18 Å². The number of carbonyl (C=O) groups is 1. The highest BCUT2D eigenvalue weighted by molar-refractivity contribution is 7.16. The molecule has 0 spiro atoms. The molecule has 0 radical (unpaired) electrons. The average Bonchev–Trinajstić information content (AvgIpc) is 3.34. The van der Waals surface area contributed by atoms with Gasteiger partial charge in [-0.2, -0.15) is 5.10 Å². The Morgan fingerprint density at radius 1 is 1.13 bits per heavy atom. The Morgan fingerprint density at radius 2 is 1.87 bits per heavy atom. The Bertz CT molecular complexity index is 1300. The zero-order chi connectivity index (χ0) is 20.8. The van der Waals surface area contributed by atoms with Crippen LogP contribution < -0.4 is 10.5 Å². The highest BCUT2D eigenvalue weighted by atomic mass is 32.1. The SMILES string of the molecule is Cc1nn(CC(=O)N2CCN(c3ccc(F)cc3)CC2)c(=O)c2cc3ccsc3n12. The highest BCUT2D eigenvalue weighted by Gasteiger charge is 2.23. The van der Waals surface area contributed by atoms with Gasteiger partial charge in [0.25, 0.3) is 5.56 Å². The predicted octanol–water partition coefficient (Wildman–Crippen LogP) is 2.51. The Kier molecular flexibility index (Phi) is 4.54. The number of rotatable bonds is 3. The third-order valence-electron chi connectivity index (χ3n) is 5.56. The van der Waals surface area contributed by atoms with Crippen molar-refractivity contribution in [1.29, 1.82) is 0 Å². The monoisotopic (exact) mass is 425 g/mol. The van der Waals surface area contributed by atoms with E-state index in [1.165, 1.54) is 16.8 Å². The van der Waals surface area contributed by atoms with E-state index >= 15 is 0 Å². The second kappa shape index (κ2) is 7.24. The maximum Gasteiger partial charge on any atom is 0.291 e. The number of benzene rings is 1. The quantitative estimate of drug-likeness (QED) is 0.506. The number of anilines is 1. The molecule has 4 aromatic rings. The molecule has 1 saturated heterocycles. The van der Waals surface area contributed by atoms with Gasteiger partial charge in [0.15, 0.2) is 0 Å². The molecule has 3 aromatic heterocycles. The topological polar surface area (TPSA) is 62.9 Å². The van der Waals surface area contributed by atoms with Gasteiger partial charge in [-0.25, -0.2) is 9.07 Å². The van der Waals surface area contributed by atoms with Crippen molar-refractivity contribution in [2.75, 3.05) is 31.1 Å². The van der Waals surface area contributed by atoms with E-state index in [-0.39, 0.29) is 23.8 Å². The van der Waals surface area contributed by atoms with Crippen LogP contribution in [-0.2, 0) is 11.3 Å². The molecular formula is C21H20FN5O2S. The first kappa shape index (κ1) is 18.8. The number of hydrogen-bond acceptors (Lipinski definition) is 5. The van der Waals surface area contributed by atoms with Crippen LogP contribution in [0.25, 0.3) is 15.7 Å². The van der Waals surface area contributed by atoms with Crippen LogP contribution in [0.15, 0.2) is 46.6 Å². The van der Waals surface area contributed by atoms with Crippen LogP contribution in [0.2, 0.25) is 0 Å². The first-order chi connectivity index (χ1) is 14.5. The molecule has 0 unspecified atom stereocenters. The van der Waals surface area contributed by atoms with Gasteiger partial charge in [0.2, 0.25) is 5.91 Å². The lowest BCUT2D eigenvalue weighted by Crippen LogP contribution is -2.50. The molecule has 0 atom stereocenters. The molecule has 154 valence electrons. The number of amides is 1. The Balaban J connectivity index is 1.32. The van der Waals surface area contributed by atoms with Crippen molar-refractivity contribution >= 4 is 38.7 Å². The highest BCUT2D eigenvalue weighted by Crippen LogP contribution is 2.24. The molecule has 1 aliphatic heterocycles. The number of hydrogen-bond donors (Lipinski definition) is 0. The maximum atomic E-state index is 13.1. The molecular weight excluding hydrogens is 405 g/mol. The van der Waals surface area contributed by atoms with Gasteiger partial charge in [0, 0.05) is 37.3 Å². The number of carbonyl (C=O) groups excluding carboxylic acids is 1. The molecule has 1 aliphatic rings. The van der Waals surface area contributed by atoms with Crippen LogP contribution in [0.3, 0.4) is 0 Å². The smallest absolute Gasteiger partial charge is 0.291 e. The number of halogens is 1. The van der Waals surface area contributed by atoms with Crippen molar-refractivity contribution in [3.05, 3.63) is 63.8 Å². The van der Waals surface area contributed by atoms with Gasteiger partial charge in [0.05, 0.1) is 0 Å². The zero-order valence-electron chi connectivity index (χ0n) is 16.4. The third-order valence-corrected chi connectivity index (χ3v) is 6.48. The van der Waals surface area contributed by atoms with E-state index < -0.39 is 0 Å². The van der Waals surface area contributed by atoms with Crippen molar-refractivity contribution in [2.24, 2.45) is 0 Å². The molecule has 0 N–H and O–H groups in total. The van der Waals surface area contributed by atoms with Gasteiger partial charge >= 0.3 is 0 Å². The lowest BCUT2D eigenvalue weighted by molar-refractivity contribution is -0.132. The van der Waals surface area contributed by atoms with Crippen molar-refractivity contribution in [1.82, 2.24) is 19.1 Å². The number of aryl methyl sites for hydroxylation is 1. The lowest BCUT2D eigenvalue weighted by Gasteiger charge is -2.36. The number of nitrogens with zero attached hydrogens (tertiary/aromatic N) is 5. The molecule has 0 aliphatic carbocycles. The summed E-state index contributed by atoms with van der Waals surface area (Å²) in [6.45, 7) is 4.18. The maximum absolute atomic E-state index is 13.1. The van der Waals surface area contributed by atoms with Crippen LogP contribution in [0.5, 0.6) is 0 Å². The summed E-state index contributed by atoms with van der Waals surface area (Å²) in [6, 6.07) is 10.2. The summed E-state index contributed by atoms with van der Waals surface area (Å²) in [5.74, 6) is 0.289. The minimum atomic E-state index is -0.263. The van der Waals surface area contributed by atoms with Crippen molar-refractivity contribution in [3.8, 4) is 0 Å². The Labute approximate surface area is 175 Å². The van der Waals surface area contributed by atoms with Crippen LogP contribution in [0, 0.1) is 12.7 Å². The Hall–Kier alpha value is -3.20. The number of piperazine rings is 1. The molecule has 0 bridgehead atoms. The minimum Gasteiger partial charge on any atom is -0.368 e. The second-order valence-corrected chi connectivity index (χ2v) is 8.29. The molecule has 30 heavy (non-hydrogen) atoms. The number of thiophene rings is 1. The summed E-state index contributed by atoms with van der Waals surface area (Å²) in [7, 11) is 0. The normalized spacial score (nSPS) is 14.7. The molecule has 0 saturated carbocycles. The fourth-order valence-electron chi connectivity index (χ4n) is 4.00. The molecule has 1 fully saturated rings. The van der Waals surface area contributed by atoms with Gasteiger partial charge in [-0.05, 0) is 48.7 Å². The lowest BCUT2D eigenvalue weighted by atomic mass is 10.2.